The third-order valence-electron chi connectivity index (χ3n) is 5.54. The van der Waals surface area contributed by atoms with E-state index < -0.39 is 12.1 Å². The number of alkyl halides is 3. The summed E-state index contributed by atoms with van der Waals surface area (Å²) in [6, 6.07) is 8.33. The lowest BCUT2D eigenvalue weighted by molar-refractivity contribution is -0.192. The second-order valence-corrected chi connectivity index (χ2v) is 9.00. The number of nitrogens with zero attached hydrogens (tertiary/aromatic N) is 2. The molecule has 0 unspecified atom stereocenters. The minimum Gasteiger partial charge on any atom is -0.475 e. The van der Waals surface area contributed by atoms with Crippen molar-refractivity contribution in [2.75, 3.05) is 40.3 Å². The zero-order valence-corrected chi connectivity index (χ0v) is 18.1. The van der Waals surface area contributed by atoms with Crippen molar-refractivity contribution in [3.63, 3.8) is 0 Å². The highest BCUT2D eigenvalue weighted by molar-refractivity contribution is 7.17. The highest BCUT2D eigenvalue weighted by Gasteiger charge is 2.45. The predicted octanol–water partition coefficient (Wildman–Crippen LogP) is 3.11. The van der Waals surface area contributed by atoms with Gasteiger partial charge in [0, 0.05) is 36.2 Å². The number of ether oxygens (including phenoxy) is 1. The topological polar surface area (TPSA) is 70.1 Å². The Balaban J connectivity index is 0.000000339. The van der Waals surface area contributed by atoms with E-state index in [9.17, 15) is 18.0 Å². The molecule has 6 nitrogen and oxygen atoms in total. The molecule has 1 aromatic carbocycles. The Morgan fingerprint density at radius 3 is 2.58 bits per heavy atom. The first-order chi connectivity index (χ1) is 14.6. The second kappa shape index (κ2) is 9.54. The van der Waals surface area contributed by atoms with Gasteiger partial charge < -0.3 is 19.6 Å². The number of halogens is 3. The van der Waals surface area contributed by atoms with Crippen LogP contribution in [0.4, 0.5) is 13.2 Å². The van der Waals surface area contributed by atoms with Crippen LogP contribution >= 0.6 is 11.3 Å². The number of likely N-dealkylation sites (tertiary alicyclic amines) is 1. The largest absolute Gasteiger partial charge is 0.490 e. The number of carboxylic acids is 1. The number of aliphatic carboxylic acids is 1. The van der Waals surface area contributed by atoms with Crippen LogP contribution in [0.3, 0.4) is 0 Å². The van der Waals surface area contributed by atoms with Gasteiger partial charge in [0.2, 0.25) is 5.91 Å². The molecule has 2 saturated heterocycles. The van der Waals surface area contributed by atoms with Gasteiger partial charge in [-0.15, -0.1) is 11.3 Å². The standard InChI is InChI=1S/C19H24N2O2S.C2HF3O2/c1-20(2)8-14-11-23-17-10-21(9-16(14)17)19(22)7-13-12-24-18-6-4-3-5-15(13)18;3-2(4,5)1(6)7/h3-6,12,14,16-17H,7-11H2,1-2H3;(H,6,7)/t14-,16-,17-;/m1./s1. The quantitative estimate of drug-likeness (QED) is 0.763. The molecule has 10 heteroatoms. The number of thiophene rings is 1. The maximum absolute atomic E-state index is 12.8. The lowest BCUT2D eigenvalue weighted by atomic mass is 9.93. The molecule has 0 radical (unpaired) electrons. The van der Waals surface area contributed by atoms with Crippen molar-refractivity contribution in [1.82, 2.24) is 9.80 Å². The van der Waals surface area contributed by atoms with Crippen molar-refractivity contribution in [2.24, 2.45) is 11.8 Å². The van der Waals surface area contributed by atoms with Crippen LogP contribution < -0.4 is 0 Å². The molecule has 4 rings (SSSR count). The number of hydrogen-bond donors (Lipinski definition) is 1. The number of benzene rings is 1. The predicted molar refractivity (Wildman–Crippen MR) is 111 cm³/mol. The molecular formula is C21H25F3N2O4S. The Labute approximate surface area is 182 Å². The van der Waals surface area contributed by atoms with E-state index >= 15 is 0 Å². The van der Waals surface area contributed by atoms with Gasteiger partial charge in [-0.1, -0.05) is 18.2 Å². The number of hydrogen-bond acceptors (Lipinski definition) is 5. The number of fused-ring (bicyclic) bond motifs is 2. The fourth-order valence-corrected chi connectivity index (χ4v) is 5.07. The summed E-state index contributed by atoms with van der Waals surface area (Å²) < 4.78 is 39.0. The lowest BCUT2D eigenvalue weighted by Gasteiger charge is -2.22. The average molecular weight is 459 g/mol. The Bertz CT molecular complexity index is 931. The molecule has 1 aromatic heterocycles. The molecule has 0 spiro atoms. The molecule has 3 heterocycles. The summed E-state index contributed by atoms with van der Waals surface area (Å²) in [7, 11) is 4.21. The summed E-state index contributed by atoms with van der Waals surface area (Å²) in [6.45, 7) is 3.49. The zero-order chi connectivity index (χ0) is 22.8. The van der Waals surface area contributed by atoms with Crippen LogP contribution in [0.25, 0.3) is 10.1 Å². The molecule has 3 atom stereocenters. The normalized spacial score (nSPS) is 23.0. The molecule has 0 saturated carbocycles. The molecule has 0 aliphatic carbocycles. The fourth-order valence-electron chi connectivity index (χ4n) is 4.10. The van der Waals surface area contributed by atoms with Crippen molar-refractivity contribution in [3.8, 4) is 0 Å². The summed E-state index contributed by atoms with van der Waals surface area (Å²) in [5.41, 5.74) is 1.16. The molecule has 2 fully saturated rings. The van der Waals surface area contributed by atoms with Crippen molar-refractivity contribution in [1.29, 1.82) is 0 Å². The summed E-state index contributed by atoms with van der Waals surface area (Å²) >= 11 is 1.72. The van der Waals surface area contributed by atoms with E-state index in [1.54, 1.807) is 11.3 Å². The molecular weight excluding hydrogens is 433 g/mol. The number of carbonyl (C=O) groups is 2. The number of carboxylic acid groups (broad SMARTS) is 1. The van der Waals surface area contributed by atoms with E-state index in [-0.39, 0.29) is 12.0 Å². The van der Waals surface area contributed by atoms with Gasteiger partial charge in [0.25, 0.3) is 0 Å². The van der Waals surface area contributed by atoms with Crippen molar-refractivity contribution in [3.05, 3.63) is 35.2 Å². The van der Waals surface area contributed by atoms with Crippen LogP contribution in [0, 0.1) is 11.8 Å². The zero-order valence-electron chi connectivity index (χ0n) is 17.3. The van der Waals surface area contributed by atoms with E-state index in [0.29, 0.717) is 18.3 Å². The van der Waals surface area contributed by atoms with Gasteiger partial charge in [-0.25, -0.2) is 4.79 Å². The first kappa shape index (κ1) is 23.5. The van der Waals surface area contributed by atoms with Crippen LogP contribution in [0.15, 0.2) is 29.6 Å². The summed E-state index contributed by atoms with van der Waals surface area (Å²) in [5, 5.41) is 10.5. The van der Waals surface area contributed by atoms with Gasteiger partial charge >= 0.3 is 12.1 Å². The van der Waals surface area contributed by atoms with Crippen LogP contribution in [-0.2, 0) is 20.7 Å². The van der Waals surface area contributed by atoms with Crippen LogP contribution in [0.2, 0.25) is 0 Å². The molecule has 31 heavy (non-hydrogen) atoms. The van der Waals surface area contributed by atoms with Crippen molar-refractivity contribution < 1.29 is 32.6 Å². The maximum Gasteiger partial charge on any atom is 0.490 e. The summed E-state index contributed by atoms with van der Waals surface area (Å²) in [4.78, 5) is 25.9. The van der Waals surface area contributed by atoms with E-state index in [0.717, 1.165) is 31.8 Å². The van der Waals surface area contributed by atoms with Gasteiger partial charge in [0.05, 0.1) is 19.1 Å². The van der Waals surface area contributed by atoms with E-state index in [4.69, 9.17) is 14.6 Å². The van der Waals surface area contributed by atoms with Gasteiger partial charge in [-0.3, -0.25) is 4.79 Å². The Hall–Kier alpha value is -2.17. The van der Waals surface area contributed by atoms with Crippen LogP contribution in [0.1, 0.15) is 5.56 Å². The van der Waals surface area contributed by atoms with Crippen LogP contribution in [-0.4, -0.2) is 79.4 Å². The van der Waals surface area contributed by atoms with Crippen molar-refractivity contribution in [2.45, 2.75) is 18.7 Å². The molecule has 2 aromatic rings. The molecule has 170 valence electrons. The van der Waals surface area contributed by atoms with Crippen molar-refractivity contribution >= 4 is 33.3 Å². The lowest BCUT2D eigenvalue weighted by Crippen LogP contribution is -2.34. The van der Waals surface area contributed by atoms with Gasteiger partial charge in [-0.05, 0) is 36.5 Å². The SMILES string of the molecule is CN(C)C[C@@H]1CO[C@@H]2CN(C(=O)Cc3csc4ccccc34)C[C@H]12.O=C(O)C(F)(F)F. The smallest absolute Gasteiger partial charge is 0.475 e. The first-order valence-electron chi connectivity index (χ1n) is 9.85. The molecule has 0 bridgehead atoms. The van der Waals surface area contributed by atoms with Crippen LogP contribution in [0.5, 0.6) is 0 Å². The number of rotatable bonds is 4. The highest BCUT2D eigenvalue weighted by Crippen LogP contribution is 2.34. The Morgan fingerprint density at radius 2 is 1.94 bits per heavy atom. The minimum atomic E-state index is -5.08. The van der Waals surface area contributed by atoms with Gasteiger partial charge in [0.15, 0.2) is 0 Å². The fraction of sp³-hybridized carbons (Fsp3) is 0.524. The third-order valence-corrected chi connectivity index (χ3v) is 6.55. The highest BCUT2D eigenvalue weighted by atomic mass is 32.1. The second-order valence-electron chi connectivity index (χ2n) is 8.09. The number of amides is 1. The van der Waals surface area contributed by atoms with E-state index in [1.807, 2.05) is 17.0 Å². The van der Waals surface area contributed by atoms with Gasteiger partial charge in [0.1, 0.15) is 0 Å². The average Bonchev–Trinajstić information content (AvgIpc) is 3.37. The summed E-state index contributed by atoms with van der Waals surface area (Å²) in [6.07, 6.45) is -4.35. The Kier molecular flexibility index (Phi) is 7.23. The minimum absolute atomic E-state index is 0.234. The van der Waals surface area contributed by atoms with E-state index in [1.165, 1.54) is 10.1 Å². The number of carbonyl (C=O) groups excluding carboxylic acids is 1. The van der Waals surface area contributed by atoms with E-state index in [2.05, 4.69) is 36.5 Å². The Morgan fingerprint density at radius 1 is 1.26 bits per heavy atom. The first-order valence-corrected chi connectivity index (χ1v) is 10.7. The monoisotopic (exact) mass is 458 g/mol. The third kappa shape index (κ3) is 5.75. The maximum atomic E-state index is 12.8. The molecule has 2 aliphatic heterocycles. The molecule has 1 amide bonds. The molecule has 1 N–H and O–H groups in total. The summed E-state index contributed by atoms with van der Waals surface area (Å²) in [5.74, 6) is -1.48. The van der Waals surface area contributed by atoms with Gasteiger partial charge in [-0.2, -0.15) is 13.2 Å². The molecule has 2 aliphatic rings.